The van der Waals surface area contributed by atoms with Crippen molar-refractivity contribution in [2.24, 2.45) is 11.5 Å². The smallest absolute Gasteiger partial charge is 0.283 e. The van der Waals surface area contributed by atoms with E-state index in [1.807, 2.05) is 0 Å². The predicted molar refractivity (Wildman–Crippen MR) is 152 cm³/mol. The summed E-state index contributed by atoms with van der Waals surface area (Å²) in [4.78, 5) is 42.5. The van der Waals surface area contributed by atoms with Gasteiger partial charge in [-0.3, -0.25) is 30.2 Å². The molecule has 16 nitrogen and oxygen atoms in total. The average Bonchev–Trinajstić information content (AvgIpc) is 2.77. The summed E-state index contributed by atoms with van der Waals surface area (Å²) in [6, 6.07) is 0. The van der Waals surface area contributed by atoms with Gasteiger partial charge in [0.25, 0.3) is 11.8 Å². The van der Waals surface area contributed by atoms with Gasteiger partial charge in [0.15, 0.2) is 56.9 Å². The second-order valence-electron chi connectivity index (χ2n) is 7.01. The van der Waals surface area contributed by atoms with E-state index in [0.717, 1.165) is 9.80 Å². The van der Waals surface area contributed by atoms with E-state index in [-0.39, 0.29) is 92.0 Å². The molecule has 0 aromatic carbocycles. The van der Waals surface area contributed by atoms with Crippen molar-refractivity contribution in [1.29, 1.82) is 10.8 Å². The molecule has 0 bridgehead atoms. The Morgan fingerprint density at radius 1 is 0.649 bits per heavy atom. The van der Waals surface area contributed by atoms with Crippen molar-refractivity contribution in [3.8, 4) is 0 Å². The zero-order valence-electron chi connectivity index (χ0n) is 19.1. The second-order valence-corrected chi connectivity index (χ2v) is 7.73. The molecule has 0 aliphatic rings. The van der Waals surface area contributed by atoms with Crippen LogP contribution in [-0.2, 0) is 0 Å². The van der Waals surface area contributed by atoms with Gasteiger partial charge in [-0.05, 0) is 19.3 Å². The van der Waals surface area contributed by atoms with Crippen molar-refractivity contribution in [3.63, 3.8) is 0 Å². The van der Waals surface area contributed by atoms with Gasteiger partial charge in [0.2, 0.25) is 0 Å². The number of nitrogens with one attached hydrogen (secondary N) is 2. The first-order valence-corrected chi connectivity index (χ1v) is 10.6. The summed E-state index contributed by atoms with van der Waals surface area (Å²) in [6.07, 6.45) is 1.16. The summed E-state index contributed by atoms with van der Waals surface area (Å²) in [5.41, 5.74) is 32.9. The number of guanidine groups is 2. The number of carbonyl (C=O) groups is 2. The van der Waals surface area contributed by atoms with E-state index in [4.69, 9.17) is 68.4 Å². The van der Waals surface area contributed by atoms with Crippen LogP contribution in [-0.4, -0.2) is 66.6 Å². The van der Waals surface area contributed by atoms with Crippen molar-refractivity contribution in [3.05, 3.63) is 21.7 Å². The van der Waals surface area contributed by atoms with Crippen LogP contribution in [0.3, 0.4) is 0 Å². The van der Waals surface area contributed by atoms with Gasteiger partial charge in [0, 0.05) is 13.1 Å². The molecular formula is C17H26Br2Cl2N14O2. The van der Waals surface area contributed by atoms with Crippen LogP contribution in [0.25, 0.3) is 0 Å². The van der Waals surface area contributed by atoms with Crippen molar-refractivity contribution in [2.45, 2.75) is 19.3 Å². The highest BCUT2D eigenvalue weighted by atomic mass is 79.9. The van der Waals surface area contributed by atoms with Gasteiger partial charge in [0.1, 0.15) is 0 Å². The van der Waals surface area contributed by atoms with Gasteiger partial charge in [-0.15, -0.1) is 34.0 Å². The molecule has 204 valence electrons. The first-order chi connectivity index (χ1) is 16.3. The maximum Gasteiger partial charge on any atom is 0.283 e. The Balaban J connectivity index is 0.00000648. The highest BCUT2D eigenvalue weighted by Gasteiger charge is 2.25. The minimum Gasteiger partial charge on any atom is -0.382 e. The molecule has 2 aromatic heterocycles. The van der Waals surface area contributed by atoms with E-state index in [0.29, 0.717) is 19.3 Å². The zero-order chi connectivity index (χ0) is 26.4. The molecule has 2 amide bonds. The monoisotopic (exact) mass is 686 g/mol. The number of unbranched alkanes of at least 4 members (excludes halogenated alkanes) is 2. The Labute approximate surface area is 242 Å². The number of halogens is 4. The number of nitrogens with zero attached hydrogens (tertiary/aromatic N) is 6. The summed E-state index contributed by atoms with van der Waals surface area (Å²) < 4.78 is 0. The van der Waals surface area contributed by atoms with Gasteiger partial charge in [0.05, 0.1) is 0 Å². The Morgan fingerprint density at radius 3 is 1.27 bits per heavy atom. The molecule has 2 heterocycles. The number of amides is 2. The van der Waals surface area contributed by atoms with Crippen molar-refractivity contribution >= 4 is 104 Å². The van der Waals surface area contributed by atoms with Crippen LogP contribution in [0.15, 0.2) is 0 Å². The molecule has 0 radical (unpaired) electrons. The highest BCUT2D eigenvalue weighted by molar-refractivity contribution is 8.93. The number of nitrogens with two attached hydrogens (primary N) is 6. The maximum atomic E-state index is 12.7. The quantitative estimate of drug-likeness (QED) is 0.107. The Morgan fingerprint density at radius 2 is 0.973 bits per heavy atom. The molecule has 2 rings (SSSR count). The molecule has 20 heteroatoms. The topological polar surface area (TPSA) is 296 Å². The van der Waals surface area contributed by atoms with Crippen LogP contribution in [0.1, 0.15) is 40.2 Å². The van der Waals surface area contributed by atoms with Gasteiger partial charge in [-0.1, -0.05) is 23.2 Å². The molecule has 0 aliphatic carbocycles. The number of nitrogen functional groups attached to an aromatic ring is 4. The third-order valence-corrected chi connectivity index (χ3v) is 5.11. The fourth-order valence-corrected chi connectivity index (χ4v) is 3.09. The molecular weight excluding hydrogens is 663 g/mol. The van der Waals surface area contributed by atoms with Gasteiger partial charge >= 0.3 is 0 Å². The van der Waals surface area contributed by atoms with Gasteiger partial charge in [-0.25, -0.2) is 19.9 Å². The van der Waals surface area contributed by atoms with Crippen molar-refractivity contribution < 1.29 is 9.59 Å². The van der Waals surface area contributed by atoms with Crippen LogP contribution in [0, 0.1) is 10.8 Å². The van der Waals surface area contributed by atoms with E-state index in [9.17, 15) is 9.59 Å². The van der Waals surface area contributed by atoms with Crippen LogP contribution < -0.4 is 34.4 Å². The lowest BCUT2D eigenvalue weighted by Crippen LogP contribution is -2.43. The second kappa shape index (κ2) is 14.5. The molecule has 0 saturated carbocycles. The molecule has 0 atom stereocenters. The normalized spacial score (nSPS) is 10.0. The number of carbonyl (C=O) groups excluding carboxylic acids is 2. The van der Waals surface area contributed by atoms with Crippen molar-refractivity contribution in [2.75, 3.05) is 36.0 Å². The Hall–Kier alpha value is -3.22. The third-order valence-electron chi connectivity index (χ3n) is 4.55. The minimum atomic E-state index is -0.779. The summed E-state index contributed by atoms with van der Waals surface area (Å²) in [5, 5.41) is 15.0. The summed E-state index contributed by atoms with van der Waals surface area (Å²) in [7, 11) is 0. The number of aromatic nitrogens is 4. The highest BCUT2D eigenvalue weighted by Crippen LogP contribution is 2.20. The van der Waals surface area contributed by atoms with E-state index >= 15 is 0 Å². The van der Waals surface area contributed by atoms with Crippen molar-refractivity contribution in [1.82, 2.24) is 29.7 Å². The molecule has 0 saturated heterocycles. The predicted octanol–water partition coefficient (Wildman–Crippen LogP) is 0.600. The Bertz CT molecular complexity index is 1100. The maximum absolute atomic E-state index is 12.7. The Kier molecular flexibility index (Phi) is 13.2. The first-order valence-electron chi connectivity index (χ1n) is 9.83. The average molecular weight is 689 g/mol. The molecule has 14 N–H and O–H groups in total. The molecule has 37 heavy (non-hydrogen) atoms. The molecule has 0 spiro atoms. The van der Waals surface area contributed by atoms with Gasteiger partial charge in [-0.2, -0.15) is 0 Å². The molecule has 2 aromatic rings. The fraction of sp³-hybridized carbons (Fsp3) is 0.294. The van der Waals surface area contributed by atoms with Crippen LogP contribution in [0.4, 0.5) is 23.3 Å². The van der Waals surface area contributed by atoms with E-state index in [1.54, 1.807) is 0 Å². The summed E-state index contributed by atoms with van der Waals surface area (Å²) in [5.74, 6) is -3.45. The lowest BCUT2D eigenvalue weighted by molar-refractivity contribution is 0.0837. The number of rotatable bonds is 8. The molecule has 0 aliphatic heterocycles. The number of hydrogen-bond donors (Lipinski definition) is 8. The van der Waals surface area contributed by atoms with Crippen LogP contribution in [0.2, 0.25) is 10.3 Å². The molecule has 0 fully saturated rings. The third kappa shape index (κ3) is 8.41. The lowest BCUT2D eigenvalue weighted by atomic mass is 10.2. The van der Waals surface area contributed by atoms with Crippen LogP contribution in [0.5, 0.6) is 0 Å². The largest absolute Gasteiger partial charge is 0.382 e. The number of hydrogen-bond acceptors (Lipinski definition) is 12. The standard InChI is InChI=1S/C17H24Cl2N14O2.2BrH/c18-8-12(22)30-10(20)6(28-8)14(34)32(16(24)25)4-2-1-3-5-33(17(26)27)15(35)7-11(21)31-13(23)9(19)29-7;;/h1-5H2,(H3,24,25)(H3,26,27)(H4,20,22,30)(H4,21,23,31);2*1H. The fourth-order valence-electron chi connectivity index (χ4n) is 2.83. The van der Waals surface area contributed by atoms with Gasteiger partial charge < -0.3 is 34.4 Å². The molecule has 0 unspecified atom stereocenters. The SMILES string of the molecule is Br.Br.N=C(N)N(CCCCCN(C(=N)N)C(=O)c1nc(Cl)c(N)nc1N)C(=O)c1nc(Cl)c(N)nc1N. The minimum absolute atomic E-state index is 0. The lowest BCUT2D eigenvalue weighted by Gasteiger charge is -2.22. The van der Waals surface area contributed by atoms with E-state index in [2.05, 4.69) is 19.9 Å². The zero-order valence-corrected chi connectivity index (χ0v) is 24.0. The number of anilines is 4. The first kappa shape index (κ1) is 33.8. The summed E-state index contributed by atoms with van der Waals surface area (Å²) >= 11 is 11.6. The summed E-state index contributed by atoms with van der Waals surface area (Å²) in [6.45, 7) is 0.0502. The van der Waals surface area contributed by atoms with Crippen LogP contribution >= 0.6 is 57.2 Å². The van der Waals surface area contributed by atoms with E-state index in [1.165, 1.54) is 0 Å². The van der Waals surface area contributed by atoms with E-state index < -0.39 is 23.7 Å².